The van der Waals surface area contributed by atoms with Crippen LogP contribution >= 0.6 is 0 Å². The third kappa shape index (κ3) is 24.5. The lowest BCUT2D eigenvalue weighted by Gasteiger charge is -2.05. The molecular formula is C13H30. The summed E-state index contributed by atoms with van der Waals surface area (Å²) in [6, 6.07) is 0. The molecule has 0 spiro atoms. The molecule has 0 aliphatic rings. The van der Waals surface area contributed by atoms with Crippen LogP contribution in [0.25, 0.3) is 0 Å². The molecule has 0 heterocycles. The molecule has 1 unspecified atom stereocenters. The zero-order chi connectivity index (χ0) is 10.7. The first-order valence-electron chi connectivity index (χ1n) is 6.04. The van der Waals surface area contributed by atoms with Gasteiger partial charge in [0, 0.05) is 0 Å². The third-order valence-corrected chi connectivity index (χ3v) is 2.00. The highest BCUT2D eigenvalue weighted by molar-refractivity contribution is 4.49. The van der Waals surface area contributed by atoms with Gasteiger partial charge in [-0.05, 0) is 11.8 Å². The number of hydrogen-bond donors (Lipinski definition) is 0. The van der Waals surface area contributed by atoms with Gasteiger partial charge in [0.15, 0.2) is 0 Å². The second-order valence-corrected chi connectivity index (χ2v) is 4.74. The Labute approximate surface area is 86.1 Å². The van der Waals surface area contributed by atoms with Crippen molar-refractivity contribution < 1.29 is 0 Å². The molecule has 0 nitrogen and oxygen atoms in total. The highest BCUT2D eigenvalue weighted by Crippen LogP contribution is 2.11. The molecule has 82 valence electrons. The van der Waals surface area contributed by atoms with Crippen molar-refractivity contribution in [3.05, 3.63) is 0 Å². The van der Waals surface area contributed by atoms with Crippen LogP contribution in [-0.2, 0) is 0 Å². The molecule has 0 fully saturated rings. The van der Waals surface area contributed by atoms with E-state index in [2.05, 4.69) is 41.5 Å². The molecular weight excluding hydrogens is 156 g/mol. The van der Waals surface area contributed by atoms with E-state index in [1.165, 1.54) is 32.1 Å². The van der Waals surface area contributed by atoms with Crippen LogP contribution in [-0.4, -0.2) is 0 Å². The van der Waals surface area contributed by atoms with Gasteiger partial charge in [-0.3, -0.25) is 0 Å². The van der Waals surface area contributed by atoms with Crippen molar-refractivity contribution in [2.24, 2.45) is 11.8 Å². The minimum Gasteiger partial charge on any atom is -0.0654 e. The van der Waals surface area contributed by atoms with E-state index >= 15 is 0 Å². The Morgan fingerprint density at radius 2 is 1.31 bits per heavy atom. The average Bonchev–Trinajstić information content (AvgIpc) is 2.03. The maximum atomic E-state index is 2.34. The Hall–Kier alpha value is 0. The van der Waals surface area contributed by atoms with Crippen molar-refractivity contribution in [1.82, 2.24) is 0 Å². The number of unbranched alkanes of at least 4 members (excludes halogenated alkanes) is 2. The predicted octanol–water partition coefficient (Wildman–Crippen LogP) is 5.28. The van der Waals surface area contributed by atoms with Crippen molar-refractivity contribution in [2.45, 2.75) is 73.6 Å². The molecule has 0 aliphatic carbocycles. The molecule has 0 amide bonds. The second kappa shape index (κ2) is 12.0. The van der Waals surface area contributed by atoms with Crippen LogP contribution in [0.5, 0.6) is 0 Å². The summed E-state index contributed by atoms with van der Waals surface area (Å²) in [6.07, 6.45) is 7.00. The van der Waals surface area contributed by atoms with E-state index in [0.717, 1.165) is 11.8 Å². The van der Waals surface area contributed by atoms with Crippen LogP contribution in [0.1, 0.15) is 73.6 Å². The molecule has 0 aromatic carbocycles. The number of rotatable bonds is 5. The average molecular weight is 186 g/mol. The Kier molecular flexibility index (Phi) is 14.3. The highest BCUT2D eigenvalue weighted by Gasteiger charge is 1.95. The fourth-order valence-electron chi connectivity index (χ4n) is 0.947. The van der Waals surface area contributed by atoms with E-state index in [0.29, 0.717) is 0 Å². The molecule has 0 saturated heterocycles. The maximum absolute atomic E-state index is 2.34. The Morgan fingerprint density at radius 1 is 0.846 bits per heavy atom. The van der Waals surface area contributed by atoms with Crippen molar-refractivity contribution in [2.75, 3.05) is 0 Å². The summed E-state index contributed by atoms with van der Waals surface area (Å²) in [6.45, 7) is 13.4. The predicted molar refractivity (Wildman–Crippen MR) is 64.1 cm³/mol. The van der Waals surface area contributed by atoms with Gasteiger partial charge < -0.3 is 0 Å². The van der Waals surface area contributed by atoms with E-state index < -0.39 is 0 Å². The van der Waals surface area contributed by atoms with E-state index in [9.17, 15) is 0 Å². The van der Waals surface area contributed by atoms with Crippen LogP contribution in [0.3, 0.4) is 0 Å². The zero-order valence-corrected chi connectivity index (χ0v) is 10.7. The molecule has 0 N–H and O–H groups in total. The van der Waals surface area contributed by atoms with Gasteiger partial charge in [0.2, 0.25) is 0 Å². The van der Waals surface area contributed by atoms with Gasteiger partial charge >= 0.3 is 0 Å². The van der Waals surface area contributed by atoms with E-state index in [4.69, 9.17) is 0 Å². The van der Waals surface area contributed by atoms with Gasteiger partial charge in [0.1, 0.15) is 0 Å². The van der Waals surface area contributed by atoms with Gasteiger partial charge in [-0.15, -0.1) is 0 Å². The van der Waals surface area contributed by atoms with E-state index in [-0.39, 0.29) is 0 Å². The van der Waals surface area contributed by atoms with Crippen LogP contribution < -0.4 is 0 Å². The molecule has 1 atom stereocenters. The smallest absolute Gasteiger partial charge is 0.0445 e. The normalized spacial score (nSPS) is 12.2. The van der Waals surface area contributed by atoms with Gasteiger partial charge in [-0.2, -0.15) is 0 Å². The van der Waals surface area contributed by atoms with Crippen molar-refractivity contribution in [3.63, 3.8) is 0 Å². The van der Waals surface area contributed by atoms with Gasteiger partial charge in [-0.25, -0.2) is 0 Å². The maximum Gasteiger partial charge on any atom is -0.0445 e. The summed E-state index contributed by atoms with van der Waals surface area (Å²) in [5, 5.41) is 0. The van der Waals surface area contributed by atoms with Gasteiger partial charge in [0.25, 0.3) is 0 Å². The third-order valence-electron chi connectivity index (χ3n) is 2.00. The summed E-state index contributed by atoms with van der Waals surface area (Å²) >= 11 is 0. The second-order valence-electron chi connectivity index (χ2n) is 4.74. The Morgan fingerprint density at radius 3 is 1.62 bits per heavy atom. The van der Waals surface area contributed by atoms with Gasteiger partial charge in [-0.1, -0.05) is 73.6 Å². The lowest BCUT2D eigenvalue weighted by molar-refractivity contribution is 0.482. The first-order chi connectivity index (χ1) is 6.04. The van der Waals surface area contributed by atoms with E-state index in [1.54, 1.807) is 0 Å². The lowest BCUT2D eigenvalue weighted by Crippen LogP contribution is -1.90. The molecule has 13 heavy (non-hydrogen) atoms. The Balaban J connectivity index is 0. The summed E-state index contributed by atoms with van der Waals surface area (Å²) in [5.74, 6) is 1.79. The fourth-order valence-corrected chi connectivity index (χ4v) is 0.947. The monoisotopic (exact) mass is 186 g/mol. The van der Waals surface area contributed by atoms with Crippen LogP contribution in [0.15, 0.2) is 0 Å². The van der Waals surface area contributed by atoms with E-state index in [1.807, 2.05) is 0 Å². The van der Waals surface area contributed by atoms with Crippen LogP contribution in [0, 0.1) is 11.8 Å². The molecule has 0 heteroatoms. The minimum atomic E-state index is 0.833. The first-order valence-corrected chi connectivity index (χ1v) is 6.04. The topological polar surface area (TPSA) is 0 Å². The number of hydrogen-bond acceptors (Lipinski definition) is 0. The van der Waals surface area contributed by atoms with Crippen molar-refractivity contribution >= 4 is 0 Å². The molecule has 0 rings (SSSR count). The van der Waals surface area contributed by atoms with Crippen LogP contribution in [0.2, 0.25) is 0 Å². The Bertz CT molecular complexity index is 71.4. The summed E-state index contributed by atoms with van der Waals surface area (Å²) in [4.78, 5) is 0. The molecule has 0 aliphatic heterocycles. The quantitative estimate of drug-likeness (QED) is 0.513. The van der Waals surface area contributed by atoms with Crippen molar-refractivity contribution in [3.8, 4) is 0 Å². The fraction of sp³-hybridized carbons (Fsp3) is 1.00. The highest BCUT2D eigenvalue weighted by atomic mass is 14.0. The summed E-state index contributed by atoms with van der Waals surface area (Å²) in [7, 11) is 0. The lowest BCUT2D eigenvalue weighted by atomic mass is 10.0. The first kappa shape index (κ1) is 15.5. The summed E-state index contributed by atoms with van der Waals surface area (Å²) < 4.78 is 0. The van der Waals surface area contributed by atoms with Crippen molar-refractivity contribution in [1.29, 1.82) is 0 Å². The molecule has 0 aromatic heterocycles. The molecule has 0 aromatic rings. The van der Waals surface area contributed by atoms with Crippen LogP contribution in [0.4, 0.5) is 0 Å². The van der Waals surface area contributed by atoms with Gasteiger partial charge in [0.05, 0.1) is 0 Å². The summed E-state index contributed by atoms with van der Waals surface area (Å²) in [5.41, 5.74) is 0. The zero-order valence-electron chi connectivity index (χ0n) is 10.7. The molecule has 0 radical (unpaired) electrons. The molecule has 0 bridgehead atoms. The molecule has 0 saturated carbocycles. The largest absolute Gasteiger partial charge is 0.0654 e. The SMILES string of the molecule is CC(C)C.CCCCCC(C)CC. The minimum absolute atomic E-state index is 0.833. The standard InChI is InChI=1S/C9H20.C4H10/c1-4-6-7-8-9(3)5-2;1-4(2)3/h9H,4-8H2,1-3H3;4H,1-3H3.